The van der Waals surface area contributed by atoms with Crippen molar-refractivity contribution in [1.82, 2.24) is 9.80 Å². The van der Waals surface area contributed by atoms with Crippen molar-refractivity contribution < 1.29 is 13.2 Å². The van der Waals surface area contributed by atoms with E-state index in [9.17, 15) is 13.2 Å². The Morgan fingerprint density at radius 3 is 2.08 bits per heavy atom. The molecule has 0 bridgehead atoms. The Balaban J connectivity index is 1.72. The fraction of sp³-hybridized carbons (Fsp3) is 0.316. The molecule has 0 radical (unpaired) electrons. The molecule has 0 aliphatic carbocycles. The lowest BCUT2D eigenvalue weighted by Crippen LogP contribution is -2.47. The van der Waals surface area contributed by atoms with Crippen LogP contribution in [0.25, 0.3) is 0 Å². The fourth-order valence-electron chi connectivity index (χ4n) is 2.80. The minimum Gasteiger partial charge on any atom is -0.336 e. The molecule has 0 atom stereocenters. The first-order valence-corrected chi connectivity index (χ1v) is 10.0. The van der Waals surface area contributed by atoms with E-state index in [0.29, 0.717) is 24.3 Å². The summed E-state index contributed by atoms with van der Waals surface area (Å²) in [4.78, 5) is 16.6. The lowest BCUT2D eigenvalue weighted by molar-refractivity contribution is 0.0664. The number of hydrogen-bond acceptors (Lipinski definition) is 4. The van der Waals surface area contributed by atoms with Crippen LogP contribution >= 0.6 is 0 Å². The van der Waals surface area contributed by atoms with E-state index in [4.69, 9.17) is 0 Å². The zero-order chi connectivity index (χ0) is 18.7. The zero-order valence-electron chi connectivity index (χ0n) is 15.0. The van der Waals surface area contributed by atoms with Crippen LogP contribution in [0.2, 0.25) is 0 Å². The number of nitrogens with zero attached hydrogens (tertiary/aromatic N) is 2. The molecule has 1 fully saturated rings. The van der Waals surface area contributed by atoms with Crippen molar-refractivity contribution >= 4 is 21.6 Å². The van der Waals surface area contributed by atoms with Gasteiger partial charge in [0, 0.05) is 37.4 Å². The molecule has 1 aliphatic rings. The van der Waals surface area contributed by atoms with Crippen LogP contribution in [-0.4, -0.2) is 57.4 Å². The Morgan fingerprint density at radius 1 is 0.923 bits per heavy atom. The van der Waals surface area contributed by atoms with Gasteiger partial charge < -0.3 is 9.80 Å². The van der Waals surface area contributed by atoms with Gasteiger partial charge in [-0.05, 0) is 50.4 Å². The van der Waals surface area contributed by atoms with Crippen molar-refractivity contribution in [3.63, 3.8) is 0 Å². The van der Waals surface area contributed by atoms with Crippen LogP contribution in [0.15, 0.2) is 53.4 Å². The van der Waals surface area contributed by atoms with Crippen LogP contribution in [0.1, 0.15) is 15.9 Å². The zero-order valence-corrected chi connectivity index (χ0v) is 15.8. The molecule has 7 heteroatoms. The highest BCUT2D eigenvalue weighted by Gasteiger charge is 2.21. The van der Waals surface area contributed by atoms with E-state index in [0.717, 1.165) is 18.7 Å². The van der Waals surface area contributed by atoms with Crippen LogP contribution in [0.4, 0.5) is 5.69 Å². The van der Waals surface area contributed by atoms with Crippen molar-refractivity contribution in [2.75, 3.05) is 37.9 Å². The van der Waals surface area contributed by atoms with Gasteiger partial charge in [-0.25, -0.2) is 8.42 Å². The van der Waals surface area contributed by atoms with Crippen molar-refractivity contribution in [2.24, 2.45) is 0 Å². The predicted octanol–water partition coefficient (Wildman–Crippen LogP) is 2.18. The Hall–Kier alpha value is -2.38. The summed E-state index contributed by atoms with van der Waals surface area (Å²) in [6.45, 7) is 5.00. The molecule has 0 aromatic heterocycles. The van der Waals surface area contributed by atoms with E-state index < -0.39 is 10.0 Å². The predicted molar refractivity (Wildman–Crippen MR) is 102 cm³/mol. The van der Waals surface area contributed by atoms with Crippen LogP contribution in [0, 0.1) is 6.92 Å². The fourth-order valence-corrected chi connectivity index (χ4v) is 3.86. The molecule has 1 amide bonds. The Kier molecular flexibility index (Phi) is 5.29. The van der Waals surface area contributed by atoms with E-state index >= 15 is 0 Å². The summed E-state index contributed by atoms with van der Waals surface area (Å²) in [6, 6.07) is 13.2. The summed E-state index contributed by atoms with van der Waals surface area (Å²) >= 11 is 0. The molecule has 6 nitrogen and oxygen atoms in total. The SMILES string of the molecule is Cc1ccc(NS(=O)(=O)c2ccc(C(=O)N3CCN(C)CC3)cc2)cc1. The second-order valence-electron chi connectivity index (χ2n) is 6.59. The molecular formula is C19H23N3O3S. The van der Waals surface area contributed by atoms with E-state index in [-0.39, 0.29) is 10.8 Å². The highest BCUT2D eigenvalue weighted by molar-refractivity contribution is 7.92. The molecule has 3 rings (SSSR count). The minimum atomic E-state index is -3.68. The van der Waals surface area contributed by atoms with Gasteiger partial charge in [0.2, 0.25) is 0 Å². The van der Waals surface area contributed by atoms with Crippen molar-refractivity contribution in [3.8, 4) is 0 Å². The molecule has 1 aliphatic heterocycles. The maximum absolute atomic E-state index is 12.5. The van der Waals surface area contributed by atoms with Crippen LogP contribution in [0.5, 0.6) is 0 Å². The number of rotatable bonds is 4. The van der Waals surface area contributed by atoms with Crippen molar-refractivity contribution in [2.45, 2.75) is 11.8 Å². The highest BCUT2D eigenvalue weighted by Crippen LogP contribution is 2.18. The number of piperazine rings is 1. The van der Waals surface area contributed by atoms with E-state index in [1.165, 1.54) is 12.1 Å². The van der Waals surface area contributed by atoms with Gasteiger partial charge in [-0.2, -0.15) is 0 Å². The number of benzene rings is 2. The Bertz CT molecular complexity index is 869. The summed E-state index contributed by atoms with van der Waals surface area (Å²) in [6.07, 6.45) is 0. The summed E-state index contributed by atoms with van der Waals surface area (Å²) < 4.78 is 27.5. The van der Waals surface area contributed by atoms with Crippen LogP contribution < -0.4 is 4.72 Å². The van der Waals surface area contributed by atoms with E-state index in [2.05, 4.69) is 9.62 Å². The van der Waals surface area contributed by atoms with Crippen LogP contribution in [-0.2, 0) is 10.0 Å². The van der Waals surface area contributed by atoms with Gasteiger partial charge in [-0.15, -0.1) is 0 Å². The maximum Gasteiger partial charge on any atom is 0.261 e. The van der Waals surface area contributed by atoms with Crippen LogP contribution in [0.3, 0.4) is 0 Å². The average Bonchev–Trinajstić information content (AvgIpc) is 2.64. The lowest BCUT2D eigenvalue weighted by atomic mass is 10.2. The number of nitrogens with one attached hydrogen (secondary N) is 1. The van der Waals surface area contributed by atoms with Gasteiger partial charge in [0.25, 0.3) is 15.9 Å². The molecule has 2 aromatic carbocycles. The number of amides is 1. The molecule has 2 aromatic rings. The lowest BCUT2D eigenvalue weighted by Gasteiger charge is -2.32. The number of sulfonamides is 1. The van der Waals surface area contributed by atoms with Gasteiger partial charge >= 0.3 is 0 Å². The first kappa shape index (κ1) is 18.4. The number of carbonyl (C=O) groups excluding carboxylic acids is 1. The normalized spacial score (nSPS) is 15.7. The molecule has 0 spiro atoms. The summed E-state index contributed by atoms with van der Waals surface area (Å²) in [5.41, 5.74) is 2.07. The van der Waals surface area contributed by atoms with Gasteiger partial charge in [0.05, 0.1) is 4.90 Å². The molecule has 138 valence electrons. The average molecular weight is 373 g/mol. The van der Waals surface area contributed by atoms with Gasteiger partial charge in [0.1, 0.15) is 0 Å². The second kappa shape index (κ2) is 7.47. The number of aryl methyl sites for hydroxylation is 1. The Morgan fingerprint density at radius 2 is 1.50 bits per heavy atom. The first-order valence-electron chi connectivity index (χ1n) is 8.52. The largest absolute Gasteiger partial charge is 0.336 e. The maximum atomic E-state index is 12.5. The summed E-state index contributed by atoms with van der Waals surface area (Å²) in [5.74, 6) is -0.0615. The molecule has 1 N–H and O–H groups in total. The van der Waals surface area contributed by atoms with E-state index in [1.54, 1.807) is 29.2 Å². The molecule has 0 unspecified atom stereocenters. The first-order chi connectivity index (χ1) is 12.3. The number of carbonyl (C=O) groups is 1. The number of hydrogen-bond donors (Lipinski definition) is 1. The minimum absolute atomic E-state index is 0.0615. The number of anilines is 1. The smallest absolute Gasteiger partial charge is 0.261 e. The highest BCUT2D eigenvalue weighted by atomic mass is 32.2. The topological polar surface area (TPSA) is 69.7 Å². The summed E-state index contributed by atoms with van der Waals surface area (Å²) in [7, 11) is -1.65. The Labute approximate surface area is 154 Å². The standard InChI is InChI=1S/C19H23N3O3S/c1-15-3-7-17(8-4-15)20-26(24,25)18-9-5-16(6-10-18)19(23)22-13-11-21(2)12-14-22/h3-10,20H,11-14H2,1-2H3. The third-order valence-corrected chi connectivity index (χ3v) is 5.90. The molecule has 1 saturated heterocycles. The van der Waals surface area contributed by atoms with Crippen molar-refractivity contribution in [3.05, 3.63) is 59.7 Å². The third kappa shape index (κ3) is 4.23. The molecule has 1 heterocycles. The third-order valence-electron chi connectivity index (χ3n) is 4.51. The van der Waals surface area contributed by atoms with Gasteiger partial charge in [-0.1, -0.05) is 17.7 Å². The molecule has 26 heavy (non-hydrogen) atoms. The van der Waals surface area contributed by atoms with E-state index in [1.807, 2.05) is 26.1 Å². The van der Waals surface area contributed by atoms with Gasteiger partial charge in [-0.3, -0.25) is 9.52 Å². The van der Waals surface area contributed by atoms with Crippen molar-refractivity contribution in [1.29, 1.82) is 0 Å². The second-order valence-corrected chi connectivity index (χ2v) is 8.27. The monoisotopic (exact) mass is 373 g/mol. The van der Waals surface area contributed by atoms with Gasteiger partial charge in [0.15, 0.2) is 0 Å². The molecule has 0 saturated carbocycles. The summed E-state index contributed by atoms with van der Waals surface area (Å²) in [5, 5.41) is 0. The molecular weight excluding hydrogens is 350 g/mol. The quantitative estimate of drug-likeness (QED) is 0.892. The number of likely N-dealkylation sites (N-methyl/N-ethyl adjacent to an activating group) is 1.